The van der Waals surface area contributed by atoms with Crippen LogP contribution in [0.15, 0.2) is 115 Å². The molecule has 6 aliphatic rings. The van der Waals surface area contributed by atoms with Crippen molar-refractivity contribution >= 4 is 41.1 Å². The molecule has 3 amide bonds. The van der Waals surface area contributed by atoms with Crippen molar-refractivity contribution in [2.24, 2.45) is 28.6 Å². The number of ketones is 2. The molecule has 4 fully saturated rings. The van der Waals surface area contributed by atoms with E-state index in [-0.39, 0.29) is 48.9 Å². The molecule has 0 radical (unpaired) electrons. The van der Waals surface area contributed by atoms with Gasteiger partial charge in [-0.25, -0.2) is 4.79 Å². The number of carbonyl (C=O) groups is 6. The Kier molecular flexibility index (Phi) is 12.7. The lowest BCUT2D eigenvalue weighted by Gasteiger charge is -2.59. The molecule has 5 aliphatic carbocycles. The molecule has 0 unspecified atom stereocenters. The fourth-order valence-electron chi connectivity index (χ4n) is 13.3. The summed E-state index contributed by atoms with van der Waals surface area (Å²) in [6.07, 6.45) is 7.38. The van der Waals surface area contributed by atoms with E-state index < -0.39 is 90.2 Å². The molecule has 0 bridgehead atoms. The first-order chi connectivity index (χ1) is 34.1. The summed E-state index contributed by atoms with van der Waals surface area (Å²) in [6, 6.07) is 23.5. The number of amides is 3. The van der Waals surface area contributed by atoms with Crippen LogP contribution >= 0.6 is 0 Å². The predicted octanol–water partition coefficient (Wildman–Crippen LogP) is 5.97. The molecule has 370 valence electrons. The molecule has 3 aromatic carbocycles. The number of allylic oxidation sites excluding steroid dienone is 4. The minimum Gasteiger partial charge on any atom is -0.481 e. The van der Waals surface area contributed by atoms with Gasteiger partial charge in [-0.3, -0.25) is 24.0 Å². The van der Waals surface area contributed by atoms with Crippen LogP contribution < -0.4 is 16.0 Å². The third-order valence-corrected chi connectivity index (χ3v) is 16.4. The van der Waals surface area contributed by atoms with Gasteiger partial charge in [0, 0.05) is 59.3 Å². The van der Waals surface area contributed by atoms with Crippen molar-refractivity contribution in [1.29, 1.82) is 0 Å². The molecule has 1 aliphatic heterocycles. The smallest absolute Gasteiger partial charge is 0.407 e. The molecule has 16 heteroatoms. The number of rotatable bonds is 15. The molecule has 4 aromatic rings. The van der Waals surface area contributed by atoms with Gasteiger partial charge in [-0.2, -0.15) is 0 Å². The number of aliphatic hydroxyl groups excluding tert-OH is 2. The Hall–Kier alpha value is -6.72. The Morgan fingerprint density at radius 2 is 1.72 bits per heavy atom. The van der Waals surface area contributed by atoms with Gasteiger partial charge in [0.25, 0.3) is 0 Å². The van der Waals surface area contributed by atoms with Gasteiger partial charge >= 0.3 is 12.1 Å². The lowest BCUT2D eigenvalue weighted by Crippen LogP contribution is -2.63. The number of aliphatic carboxylic acids is 1. The minimum atomic E-state index is -1.49. The maximum atomic E-state index is 14.0. The van der Waals surface area contributed by atoms with Crippen LogP contribution in [0, 0.1) is 28.6 Å². The Morgan fingerprint density at radius 3 is 2.45 bits per heavy atom. The van der Waals surface area contributed by atoms with Crippen LogP contribution in [0.5, 0.6) is 0 Å². The molecule has 6 N–H and O–H groups in total. The SMILES string of the molecule is C[C@]12C=CC(=O)C=C1CC[C@@H]1[C@@H]2[C@@H](O)C[C@@]2(C)[C@H]1C[C@H]1O[C@@H](c3ccn(Cc4cccc(NC(=O)[C@H](CCC(=O)O)NC(=O)CNC(=O)OCC5c6ccccc6-c6ccccc65)c4)c3)O[C@]12C(=O)CO. The van der Waals surface area contributed by atoms with Gasteiger partial charge in [-0.05, 0) is 102 Å². The zero-order valence-electron chi connectivity index (χ0n) is 39.5. The standard InChI is InChI=1S/C55H58N4O12/c1-53-20-18-35(61)23-33(53)14-15-40-42-24-46-55(45(63)29-60,54(42,2)25-44(62)49(40)53)71-51(70-46)32-19-21-59(28-32)27-31-8-7-9-34(22-31)57-50(67)43(16-17-48(65)66)58-47(64)26-56-52(68)69-30-41-38-12-5-3-10-36(38)37-11-4-6-13-39(37)41/h3-13,18-23,28,40-44,46,49,51,60,62H,14-17,24-27,29-30H2,1-2H3,(H,56,68)(H,57,67)(H,58,64)(H,65,66)/t40-,42-,43-,44-,46+,49+,51+,53-,54-,55+/m0/s1. The monoisotopic (exact) mass is 966 g/mol. The molecule has 1 saturated heterocycles. The number of nitrogens with one attached hydrogen (secondary N) is 3. The Labute approximate surface area is 410 Å². The first-order valence-corrected chi connectivity index (χ1v) is 24.4. The van der Waals surface area contributed by atoms with Crippen molar-refractivity contribution < 1.29 is 58.3 Å². The largest absolute Gasteiger partial charge is 0.481 e. The molecule has 0 spiro atoms. The second-order valence-corrected chi connectivity index (χ2v) is 20.4. The van der Waals surface area contributed by atoms with Gasteiger partial charge in [0.05, 0.1) is 12.2 Å². The van der Waals surface area contributed by atoms with Crippen LogP contribution in [-0.2, 0) is 44.7 Å². The van der Waals surface area contributed by atoms with E-state index in [0.29, 0.717) is 30.6 Å². The molecule has 16 nitrogen and oxygen atoms in total. The second-order valence-electron chi connectivity index (χ2n) is 20.4. The van der Waals surface area contributed by atoms with Crippen molar-refractivity contribution in [2.75, 3.05) is 25.1 Å². The van der Waals surface area contributed by atoms with Gasteiger partial charge in [-0.15, -0.1) is 0 Å². The highest BCUT2D eigenvalue weighted by Crippen LogP contribution is 2.70. The average molecular weight is 967 g/mol. The van der Waals surface area contributed by atoms with Crippen molar-refractivity contribution in [3.05, 3.63) is 137 Å². The molecular weight excluding hydrogens is 909 g/mol. The first-order valence-electron chi connectivity index (χ1n) is 24.4. The summed E-state index contributed by atoms with van der Waals surface area (Å²) >= 11 is 0. The molecule has 1 aromatic heterocycles. The van der Waals surface area contributed by atoms with Gasteiger partial charge < -0.3 is 50.0 Å². The van der Waals surface area contributed by atoms with Crippen LogP contribution in [0.3, 0.4) is 0 Å². The lowest BCUT2D eigenvalue weighted by molar-refractivity contribution is -0.201. The quantitative estimate of drug-likeness (QED) is 0.0810. The van der Waals surface area contributed by atoms with Crippen LogP contribution in [0.4, 0.5) is 10.5 Å². The maximum absolute atomic E-state index is 14.0. The number of nitrogens with zero attached hydrogens (tertiary/aromatic N) is 1. The zero-order valence-corrected chi connectivity index (χ0v) is 39.5. The first kappa shape index (κ1) is 47.9. The summed E-state index contributed by atoms with van der Waals surface area (Å²) in [5, 5.41) is 39.6. The van der Waals surface area contributed by atoms with E-state index >= 15 is 0 Å². The molecule has 3 saturated carbocycles. The number of carboxylic acid groups (broad SMARTS) is 1. The highest BCUT2D eigenvalue weighted by atomic mass is 16.7. The maximum Gasteiger partial charge on any atom is 0.407 e. The van der Waals surface area contributed by atoms with Crippen molar-refractivity contribution in [2.45, 2.75) is 95.0 Å². The Morgan fingerprint density at radius 1 is 0.972 bits per heavy atom. The molecule has 2 heterocycles. The van der Waals surface area contributed by atoms with Gasteiger partial charge in [0.15, 0.2) is 23.5 Å². The normalized spacial score (nSPS) is 29.3. The summed E-state index contributed by atoms with van der Waals surface area (Å²) in [7, 11) is 0. The number of carbonyl (C=O) groups excluding carboxylic acids is 5. The topological polar surface area (TPSA) is 232 Å². The second kappa shape index (κ2) is 18.8. The van der Waals surface area contributed by atoms with Crippen LogP contribution in [0.1, 0.15) is 86.8 Å². The zero-order chi connectivity index (χ0) is 49.8. The average Bonchev–Trinajstić information content (AvgIpc) is 4.11. The fourth-order valence-corrected chi connectivity index (χ4v) is 13.3. The van der Waals surface area contributed by atoms with E-state index in [2.05, 4.69) is 22.9 Å². The fraction of sp³-hybridized carbons (Fsp3) is 0.418. The molecule has 71 heavy (non-hydrogen) atoms. The summed E-state index contributed by atoms with van der Waals surface area (Å²) in [4.78, 5) is 77.3. The number of anilines is 1. The number of hydrogen-bond acceptors (Lipinski definition) is 11. The number of benzene rings is 3. The van der Waals surface area contributed by atoms with Crippen molar-refractivity contribution in [1.82, 2.24) is 15.2 Å². The number of aromatic nitrogens is 1. The van der Waals surface area contributed by atoms with E-state index in [0.717, 1.165) is 39.8 Å². The summed E-state index contributed by atoms with van der Waals surface area (Å²) in [5.41, 5.74) is 4.28. The highest BCUT2D eigenvalue weighted by Gasteiger charge is 2.76. The number of Topliss-reactive ketones (excluding diaryl/α,β-unsaturated/α-hetero) is 1. The number of aliphatic hydroxyl groups is 2. The Bertz CT molecular complexity index is 2830. The summed E-state index contributed by atoms with van der Waals surface area (Å²) in [5.74, 6) is -3.36. The van der Waals surface area contributed by atoms with Crippen molar-refractivity contribution in [3.8, 4) is 11.1 Å². The Balaban J connectivity index is 0.757. The van der Waals surface area contributed by atoms with E-state index in [4.69, 9.17) is 14.2 Å². The molecular formula is C55H58N4O12. The van der Waals surface area contributed by atoms with Crippen LogP contribution in [0.2, 0.25) is 0 Å². The van der Waals surface area contributed by atoms with Gasteiger partial charge in [0.2, 0.25) is 11.8 Å². The van der Waals surface area contributed by atoms with Crippen molar-refractivity contribution in [3.63, 3.8) is 0 Å². The van der Waals surface area contributed by atoms with Gasteiger partial charge in [-0.1, -0.05) is 86.2 Å². The molecule has 10 atom stereocenters. The minimum absolute atomic E-state index is 0.0330. The number of hydrogen-bond donors (Lipinski definition) is 6. The van der Waals surface area contributed by atoms with Gasteiger partial charge in [0.1, 0.15) is 25.8 Å². The molecule has 10 rings (SSSR count). The lowest BCUT2D eigenvalue weighted by atomic mass is 9.46. The van der Waals surface area contributed by atoms with E-state index in [1.807, 2.05) is 90.6 Å². The van der Waals surface area contributed by atoms with Crippen LogP contribution in [0.25, 0.3) is 11.1 Å². The number of alkyl carbamates (subject to hydrolysis) is 1. The highest BCUT2D eigenvalue weighted by molar-refractivity contribution is 6.01. The van der Waals surface area contributed by atoms with E-state index in [9.17, 15) is 44.1 Å². The van der Waals surface area contributed by atoms with Crippen LogP contribution in [-0.4, -0.2) is 98.9 Å². The van der Waals surface area contributed by atoms with E-state index in [1.54, 1.807) is 30.4 Å². The summed E-state index contributed by atoms with van der Waals surface area (Å²) < 4.78 is 20.9. The summed E-state index contributed by atoms with van der Waals surface area (Å²) in [6.45, 7) is 3.24. The third-order valence-electron chi connectivity index (χ3n) is 16.4. The number of ether oxygens (including phenoxy) is 3. The predicted molar refractivity (Wildman–Crippen MR) is 257 cm³/mol. The number of fused-ring (bicyclic) bond motifs is 10. The third kappa shape index (κ3) is 8.49. The van der Waals surface area contributed by atoms with E-state index in [1.165, 1.54) is 0 Å². The number of carboxylic acids is 1.